The molecule has 0 saturated heterocycles. The quantitative estimate of drug-likeness (QED) is 0.869. The first-order chi connectivity index (χ1) is 9.13. The average Bonchev–Trinajstić information content (AvgIpc) is 2.85. The van der Waals surface area contributed by atoms with E-state index in [1.165, 1.54) is 7.11 Å². The van der Waals surface area contributed by atoms with Gasteiger partial charge in [0.25, 0.3) is 5.91 Å². The number of carbonyl (C=O) groups excluding carboxylic acids is 1. The topological polar surface area (TPSA) is 89.1 Å². The van der Waals surface area contributed by atoms with E-state index in [1.807, 2.05) is 0 Å². The van der Waals surface area contributed by atoms with Crippen LogP contribution in [0, 0.1) is 6.92 Å². The van der Waals surface area contributed by atoms with E-state index in [-0.39, 0.29) is 5.82 Å². The van der Waals surface area contributed by atoms with Crippen LogP contribution in [0.3, 0.4) is 0 Å². The van der Waals surface area contributed by atoms with Gasteiger partial charge in [0.1, 0.15) is 5.82 Å². The monoisotopic (exact) mass is 262 g/mol. The summed E-state index contributed by atoms with van der Waals surface area (Å²) in [4.78, 5) is 15.8. The van der Waals surface area contributed by atoms with Crippen LogP contribution in [0.5, 0.6) is 11.5 Å². The zero-order valence-corrected chi connectivity index (χ0v) is 10.9. The molecule has 0 bridgehead atoms. The van der Waals surface area contributed by atoms with E-state index in [1.54, 1.807) is 32.2 Å². The van der Waals surface area contributed by atoms with E-state index >= 15 is 0 Å². The third kappa shape index (κ3) is 2.82. The molecule has 100 valence electrons. The molecule has 0 spiro atoms. The number of aromatic nitrogens is 3. The largest absolute Gasteiger partial charge is 0.493 e. The van der Waals surface area contributed by atoms with Crippen LogP contribution in [0.1, 0.15) is 16.4 Å². The van der Waals surface area contributed by atoms with Crippen molar-refractivity contribution in [1.82, 2.24) is 15.2 Å². The van der Waals surface area contributed by atoms with Crippen molar-refractivity contribution in [2.75, 3.05) is 19.5 Å². The van der Waals surface area contributed by atoms with Gasteiger partial charge in [0, 0.05) is 11.8 Å². The molecule has 1 amide bonds. The molecule has 2 rings (SSSR count). The Morgan fingerprint density at radius 1 is 1.26 bits per heavy atom. The number of nitrogens with one attached hydrogen (secondary N) is 2. The van der Waals surface area contributed by atoms with Gasteiger partial charge >= 0.3 is 0 Å². The molecular weight excluding hydrogens is 248 g/mol. The van der Waals surface area contributed by atoms with Crippen LogP contribution in [-0.2, 0) is 0 Å². The third-order valence-corrected chi connectivity index (χ3v) is 2.44. The number of ether oxygens (including phenoxy) is 2. The Morgan fingerprint density at radius 2 is 2.00 bits per heavy atom. The molecule has 0 saturated carbocycles. The van der Waals surface area contributed by atoms with Gasteiger partial charge in [0.2, 0.25) is 5.82 Å². The van der Waals surface area contributed by atoms with Crippen LogP contribution >= 0.6 is 0 Å². The van der Waals surface area contributed by atoms with Crippen LogP contribution in [0.15, 0.2) is 18.2 Å². The predicted molar refractivity (Wildman–Crippen MR) is 68.6 cm³/mol. The van der Waals surface area contributed by atoms with Gasteiger partial charge in [-0.15, -0.1) is 5.10 Å². The van der Waals surface area contributed by atoms with Crippen LogP contribution in [0.2, 0.25) is 0 Å². The second-order valence-corrected chi connectivity index (χ2v) is 3.77. The molecule has 7 nitrogen and oxygen atoms in total. The van der Waals surface area contributed by atoms with Gasteiger partial charge in [-0.25, -0.2) is 4.98 Å². The van der Waals surface area contributed by atoms with E-state index in [4.69, 9.17) is 9.47 Å². The number of rotatable bonds is 4. The summed E-state index contributed by atoms with van der Waals surface area (Å²) in [5.41, 5.74) is 0.574. The minimum absolute atomic E-state index is 0.0901. The fourth-order valence-corrected chi connectivity index (χ4v) is 1.55. The number of anilines is 1. The van der Waals surface area contributed by atoms with E-state index in [0.29, 0.717) is 23.0 Å². The maximum absolute atomic E-state index is 11.9. The molecule has 2 aromatic rings. The lowest BCUT2D eigenvalue weighted by Gasteiger charge is -2.09. The summed E-state index contributed by atoms with van der Waals surface area (Å²) in [5.74, 6) is 1.40. The number of nitrogens with zero attached hydrogens (tertiary/aromatic N) is 2. The number of aromatic amines is 1. The average molecular weight is 262 g/mol. The Labute approximate surface area is 110 Å². The van der Waals surface area contributed by atoms with Gasteiger partial charge in [-0.2, -0.15) is 0 Å². The summed E-state index contributed by atoms with van der Waals surface area (Å²) in [7, 11) is 3.08. The molecule has 0 aliphatic carbocycles. The summed E-state index contributed by atoms with van der Waals surface area (Å²) >= 11 is 0. The van der Waals surface area contributed by atoms with Crippen molar-refractivity contribution >= 4 is 11.6 Å². The SMILES string of the molecule is COc1ccc(NC(=O)c2n[nH]c(C)n2)cc1OC. The summed E-state index contributed by atoms with van der Waals surface area (Å²) < 4.78 is 10.3. The van der Waals surface area contributed by atoms with Crippen molar-refractivity contribution in [3.05, 3.63) is 29.8 Å². The highest BCUT2D eigenvalue weighted by molar-refractivity contribution is 6.01. The van der Waals surface area contributed by atoms with Crippen LogP contribution in [0.25, 0.3) is 0 Å². The highest BCUT2D eigenvalue weighted by Crippen LogP contribution is 2.29. The van der Waals surface area contributed by atoms with Gasteiger partial charge in [0.05, 0.1) is 14.2 Å². The molecule has 19 heavy (non-hydrogen) atoms. The first-order valence-corrected chi connectivity index (χ1v) is 5.56. The minimum atomic E-state index is -0.392. The fraction of sp³-hybridized carbons (Fsp3) is 0.250. The van der Waals surface area contributed by atoms with Gasteiger partial charge in [-0.3, -0.25) is 9.89 Å². The summed E-state index contributed by atoms with van der Waals surface area (Å²) in [6, 6.07) is 5.08. The molecule has 7 heteroatoms. The Hall–Kier alpha value is -2.57. The predicted octanol–water partition coefficient (Wildman–Crippen LogP) is 1.38. The molecule has 0 radical (unpaired) electrons. The second-order valence-electron chi connectivity index (χ2n) is 3.77. The van der Waals surface area contributed by atoms with E-state index in [9.17, 15) is 4.79 Å². The molecular formula is C12H14N4O3. The number of H-pyrrole nitrogens is 1. The fourth-order valence-electron chi connectivity index (χ4n) is 1.55. The van der Waals surface area contributed by atoms with E-state index < -0.39 is 5.91 Å². The number of methoxy groups -OCH3 is 2. The zero-order chi connectivity index (χ0) is 13.8. The second kappa shape index (κ2) is 5.38. The highest BCUT2D eigenvalue weighted by atomic mass is 16.5. The number of amides is 1. The molecule has 0 fully saturated rings. The first-order valence-electron chi connectivity index (χ1n) is 5.56. The van der Waals surface area contributed by atoms with Crippen LogP contribution in [-0.4, -0.2) is 35.3 Å². The Morgan fingerprint density at radius 3 is 2.58 bits per heavy atom. The molecule has 1 aromatic heterocycles. The Bertz CT molecular complexity index is 594. The van der Waals surface area contributed by atoms with Crippen molar-refractivity contribution in [3.8, 4) is 11.5 Å². The number of hydrogen-bond acceptors (Lipinski definition) is 5. The van der Waals surface area contributed by atoms with Gasteiger partial charge in [0.15, 0.2) is 11.5 Å². The lowest BCUT2D eigenvalue weighted by molar-refractivity contribution is 0.101. The molecule has 1 aromatic carbocycles. The van der Waals surface area contributed by atoms with Crippen molar-refractivity contribution in [3.63, 3.8) is 0 Å². The Kier molecular flexibility index (Phi) is 3.65. The lowest BCUT2D eigenvalue weighted by atomic mass is 10.2. The minimum Gasteiger partial charge on any atom is -0.493 e. The molecule has 0 atom stereocenters. The number of carbonyl (C=O) groups is 1. The maximum atomic E-state index is 11.9. The number of benzene rings is 1. The van der Waals surface area contributed by atoms with Gasteiger partial charge in [-0.1, -0.05) is 0 Å². The normalized spacial score (nSPS) is 10.1. The van der Waals surface area contributed by atoms with Gasteiger partial charge in [-0.05, 0) is 19.1 Å². The zero-order valence-electron chi connectivity index (χ0n) is 10.9. The number of aryl methyl sites for hydroxylation is 1. The summed E-state index contributed by atoms with van der Waals surface area (Å²) in [6.07, 6.45) is 0. The van der Waals surface area contributed by atoms with Gasteiger partial charge < -0.3 is 14.8 Å². The standard InChI is InChI=1S/C12H14N4O3/c1-7-13-11(16-15-7)12(17)14-8-4-5-9(18-2)10(6-8)19-3/h4-6H,1-3H3,(H,14,17)(H,13,15,16). The van der Waals surface area contributed by atoms with E-state index in [0.717, 1.165) is 0 Å². The molecule has 2 N–H and O–H groups in total. The molecule has 1 heterocycles. The van der Waals surface area contributed by atoms with Crippen molar-refractivity contribution in [1.29, 1.82) is 0 Å². The molecule has 0 aliphatic rings. The summed E-state index contributed by atoms with van der Waals surface area (Å²) in [5, 5.41) is 9.07. The van der Waals surface area contributed by atoms with Crippen LogP contribution < -0.4 is 14.8 Å². The lowest BCUT2D eigenvalue weighted by Crippen LogP contribution is -2.13. The van der Waals surface area contributed by atoms with Crippen molar-refractivity contribution in [2.45, 2.75) is 6.92 Å². The molecule has 0 aliphatic heterocycles. The number of hydrogen-bond donors (Lipinski definition) is 2. The van der Waals surface area contributed by atoms with Crippen molar-refractivity contribution in [2.24, 2.45) is 0 Å². The smallest absolute Gasteiger partial charge is 0.295 e. The maximum Gasteiger partial charge on any atom is 0.295 e. The first kappa shape index (κ1) is 12.9. The molecule has 0 unspecified atom stereocenters. The van der Waals surface area contributed by atoms with Crippen LogP contribution in [0.4, 0.5) is 5.69 Å². The van der Waals surface area contributed by atoms with E-state index in [2.05, 4.69) is 20.5 Å². The Balaban J connectivity index is 2.17. The third-order valence-electron chi connectivity index (χ3n) is 2.44. The van der Waals surface area contributed by atoms with Crippen molar-refractivity contribution < 1.29 is 14.3 Å². The highest BCUT2D eigenvalue weighted by Gasteiger charge is 2.12. The summed E-state index contributed by atoms with van der Waals surface area (Å²) in [6.45, 7) is 1.72.